The monoisotopic (exact) mass is 286 g/mol. The first-order valence-electron chi connectivity index (χ1n) is 5.30. The van der Waals surface area contributed by atoms with Gasteiger partial charge in [0.2, 0.25) is 0 Å². The van der Waals surface area contributed by atoms with Gasteiger partial charge in [-0.2, -0.15) is 11.8 Å². The van der Waals surface area contributed by atoms with Crippen LogP contribution in [0.3, 0.4) is 0 Å². The highest BCUT2D eigenvalue weighted by Crippen LogP contribution is 2.25. The van der Waals surface area contributed by atoms with Crippen LogP contribution in [0, 0.1) is 0 Å². The van der Waals surface area contributed by atoms with E-state index < -0.39 is 0 Å². The number of aromatic nitrogens is 1. The lowest BCUT2D eigenvalue weighted by atomic mass is 10.2. The summed E-state index contributed by atoms with van der Waals surface area (Å²) in [6, 6.07) is 2.07. The van der Waals surface area contributed by atoms with E-state index in [0.29, 0.717) is 0 Å². The fourth-order valence-corrected chi connectivity index (χ4v) is 3.31. The number of rotatable bonds is 3. The third kappa shape index (κ3) is 3.68. The summed E-state index contributed by atoms with van der Waals surface area (Å²) in [5.41, 5.74) is 1.11. The van der Waals surface area contributed by atoms with Gasteiger partial charge in [0.15, 0.2) is 0 Å². The Kier molecular flexibility index (Phi) is 4.32. The molecular weight excluding hydrogens is 272 g/mol. The first-order valence-corrected chi connectivity index (χ1v) is 7.15. The topological polar surface area (TPSA) is 24.9 Å². The van der Waals surface area contributed by atoms with Crippen LogP contribution in [0.4, 0.5) is 5.69 Å². The van der Waals surface area contributed by atoms with E-state index in [1.165, 1.54) is 25.0 Å². The molecule has 1 aromatic heterocycles. The summed E-state index contributed by atoms with van der Waals surface area (Å²) in [5.74, 6) is 1.32. The van der Waals surface area contributed by atoms with Crippen molar-refractivity contribution in [1.29, 1.82) is 0 Å². The second-order valence-electron chi connectivity index (χ2n) is 3.76. The number of nitrogens with one attached hydrogen (secondary N) is 1. The van der Waals surface area contributed by atoms with E-state index in [-0.39, 0.29) is 0 Å². The second-order valence-corrected chi connectivity index (χ2v) is 6.09. The molecule has 1 aromatic rings. The summed E-state index contributed by atoms with van der Waals surface area (Å²) in [5, 5.41) is 4.22. The van der Waals surface area contributed by atoms with Gasteiger partial charge in [-0.1, -0.05) is 6.42 Å². The molecule has 2 rings (SSSR count). The van der Waals surface area contributed by atoms with Crippen molar-refractivity contribution in [3.8, 4) is 0 Å². The summed E-state index contributed by atoms with van der Waals surface area (Å²) in [6.45, 7) is 1.06. The number of pyridine rings is 1. The first-order chi connectivity index (χ1) is 7.34. The van der Waals surface area contributed by atoms with Crippen molar-refractivity contribution >= 4 is 33.4 Å². The fraction of sp³-hybridized carbons (Fsp3) is 0.545. The minimum Gasteiger partial charge on any atom is -0.383 e. The van der Waals surface area contributed by atoms with E-state index in [1.54, 1.807) is 6.20 Å². The molecular formula is C11H15BrN2S. The van der Waals surface area contributed by atoms with E-state index in [4.69, 9.17) is 0 Å². The van der Waals surface area contributed by atoms with Gasteiger partial charge in [0.05, 0.1) is 11.9 Å². The largest absolute Gasteiger partial charge is 0.383 e. The van der Waals surface area contributed by atoms with Gasteiger partial charge in [0.25, 0.3) is 0 Å². The second kappa shape index (κ2) is 5.75. The molecule has 1 fully saturated rings. The fourth-order valence-electron chi connectivity index (χ4n) is 1.71. The molecule has 0 spiro atoms. The average Bonchev–Trinajstić information content (AvgIpc) is 2.28. The summed E-state index contributed by atoms with van der Waals surface area (Å²) >= 11 is 5.51. The molecule has 0 aliphatic carbocycles. The SMILES string of the molecule is Brc1cncc(NCC2CCCCS2)c1. The highest BCUT2D eigenvalue weighted by atomic mass is 79.9. The summed E-state index contributed by atoms with van der Waals surface area (Å²) in [7, 11) is 0. The standard InChI is InChI=1S/C11H15BrN2S/c12-9-5-10(7-13-6-9)14-8-11-3-1-2-4-15-11/h5-7,11,14H,1-4,8H2. The minimum atomic E-state index is 0.776. The summed E-state index contributed by atoms with van der Waals surface area (Å²) in [4.78, 5) is 4.13. The Morgan fingerprint density at radius 3 is 3.13 bits per heavy atom. The minimum absolute atomic E-state index is 0.776. The highest BCUT2D eigenvalue weighted by Gasteiger charge is 2.13. The van der Waals surface area contributed by atoms with Crippen molar-refractivity contribution in [1.82, 2.24) is 4.98 Å². The number of anilines is 1. The van der Waals surface area contributed by atoms with Gasteiger partial charge < -0.3 is 5.32 Å². The molecule has 82 valence electrons. The van der Waals surface area contributed by atoms with Gasteiger partial charge in [-0.3, -0.25) is 4.98 Å². The maximum absolute atomic E-state index is 4.13. The summed E-state index contributed by atoms with van der Waals surface area (Å²) < 4.78 is 1.03. The zero-order chi connectivity index (χ0) is 10.5. The molecule has 0 amide bonds. The molecule has 1 aliphatic rings. The molecule has 4 heteroatoms. The van der Waals surface area contributed by atoms with Crippen molar-refractivity contribution in [2.24, 2.45) is 0 Å². The van der Waals surface area contributed by atoms with Gasteiger partial charge in [-0.25, -0.2) is 0 Å². The van der Waals surface area contributed by atoms with Crippen molar-refractivity contribution in [3.63, 3.8) is 0 Å². The Hall–Kier alpha value is -0.220. The molecule has 0 saturated carbocycles. The number of hydrogen-bond donors (Lipinski definition) is 1. The van der Waals surface area contributed by atoms with Crippen LogP contribution in [0.25, 0.3) is 0 Å². The first kappa shape index (κ1) is 11.3. The number of halogens is 1. The molecule has 2 heterocycles. The van der Waals surface area contributed by atoms with Crippen LogP contribution in [0.5, 0.6) is 0 Å². The predicted molar refractivity (Wildman–Crippen MR) is 70.5 cm³/mol. The van der Waals surface area contributed by atoms with Gasteiger partial charge >= 0.3 is 0 Å². The van der Waals surface area contributed by atoms with Crippen molar-refractivity contribution in [2.75, 3.05) is 17.6 Å². The Labute approximate surface area is 103 Å². The van der Waals surface area contributed by atoms with Crippen LogP contribution in [0.2, 0.25) is 0 Å². The van der Waals surface area contributed by atoms with E-state index in [9.17, 15) is 0 Å². The zero-order valence-electron chi connectivity index (χ0n) is 8.58. The number of hydrogen-bond acceptors (Lipinski definition) is 3. The Bertz CT molecular complexity index is 313. The van der Waals surface area contributed by atoms with E-state index in [0.717, 1.165) is 22.0 Å². The molecule has 1 saturated heterocycles. The van der Waals surface area contributed by atoms with E-state index in [1.807, 2.05) is 6.20 Å². The Morgan fingerprint density at radius 2 is 2.40 bits per heavy atom. The molecule has 0 aromatic carbocycles. The van der Waals surface area contributed by atoms with Gasteiger partial charge in [0.1, 0.15) is 0 Å². The van der Waals surface area contributed by atoms with Gasteiger partial charge in [-0.15, -0.1) is 0 Å². The molecule has 0 radical (unpaired) electrons. The molecule has 1 aliphatic heterocycles. The van der Waals surface area contributed by atoms with E-state index >= 15 is 0 Å². The van der Waals surface area contributed by atoms with Crippen LogP contribution in [0.1, 0.15) is 19.3 Å². The van der Waals surface area contributed by atoms with Gasteiger partial charge in [0, 0.05) is 22.5 Å². The average molecular weight is 287 g/mol. The zero-order valence-corrected chi connectivity index (χ0v) is 11.0. The maximum Gasteiger partial charge on any atom is 0.0538 e. The highest BCUT2D eigenvalue weighted by molar-refractivity contribution is 9.10. The van der Waals surface area contributed by atoms with Crippen molar-refractivity contribution in [2.45, 2.75) is 24.5 Å². The normalized spacial score (nSPS) is 21.3. The quantitative estimate of drug-likeness (QED) is 0.920. The van der Waals surface area contributed by atoms with Crippen LogP contribution in [-0.4, -0.2) is 22.5 Å². The van der Waals surface area contributed by atoms with Gasteiger partial charge in [-0.05, 0) is 40.6 Å². The van der Waals surface area contributed by atoms with Crippen LogP contribution >= 0.6 is 27.7 Å². The Morgan fingerprint density at radius 1 is 1.47 bits per heavy atom. The van der Waals surface area contributed by atoms with Crippen LogP contribution in [0.15, 0.2) is 22.9 Å². The third-order valence-corrected chi connectivity index (χ3v) is 4.34. The lowest BCUT2D eigenvalue weighted by molar-refractivity contribution is 0.677. The molecule has 1 unspecified atom stereocenters. The predicted octanol–water partition coefficient (Wildman–Crippen LogP) is 3.54. The lowest BCUT2D eigenvalue weighted by Crippen LogP contribution is -2.19. The lowest BCUT2D eigenvalue weighted by Gasteiger charge is -2.21. The van der Waals surface area contributed by atoms with Crippen LogP contribution < -0.4 is 5.32 Å². The molecule has 2 nitrogen and oxygen atoms in total. The van der Waals surface area contributed by atoms with Crippen molar-refractivity contribution < 1.29 is 0 Å². The molecule has 15 heavy (non-hydrogen) atoms. The molecule has 1 atom stereocenters. The van der Waals surface area contributed by atoms with E-state index in [2.05, 4.69) is 44.1 Å². The molecule has 1 N–H and O–H groups in total. The third-order valence-electron chi connectivity index (χ3n) is 2.51. The smallest absolute Gasteiger partial charge is 0.0538 e. The van der Waals surface area contributed by atoms with Crippen LogP contribution in [-0.2, 0) is 0 Å². The maximum atomic E-state index is 4.13. The molecule has 0 bridgehead atoms. The summed E-state index contributed by atoms with van der Waals surface area (Å²) in [6.07, 6.45) is 7.80. The van der Waals surface area contributed by atoms with Crippen molar-refractivity contribution in [3.05, 3.63) is 22.9 Å². The number of nitrogens with zero attached hydrogens (tertiary/aromatic N) is 1. The number of thioether (sulfide) groups is 1. The Balaban J connectivity index is 1.81.